The summed E-state index contributed by atoms with van der Waals surface area (Å²) in [4.78, 5) is 50.1. The van der Waals surface area contributed by atoms with Crippen molar-refractivity contribution in [2.24, 2.45) is 23.7 Å². The summed E-state index contributed by atoms with van der Waals surface area (Å²) in [5.74, 6) is -8.05. The number of imide groups is 2. The maximum absolute atomic E-state index is 13.5. The van der Waals surface area contributed by atoms with Gasteiger partial charge in [0, 0.05) is 7.05 Å². The van der Waals surface area contributed by atoms with Crippen LogP contribution < -0.4 is 4.90 Å². The van der Waals surface area contributed by atoms with E-state index in [9.17, 15) is 27.6 Å². The minimum atomic E-state index is -5.19. The van der Waals surface area contributed by atoms with Crippen LogP contribution in [0.15, 0.2) is 58.1 Å². The first kappa shape index (κ1) is 12.5. The molecule has 0 bridgehead atoms. The van der Waals surface area contributed by atoms with E-state index in [1.165, 1.54) is 14.0 Å². The molecule has 5 rings (SSSR count). The van der Waals surface area contributed by atoms with Crippen LogP contribution in [0.5, 0.6) is 0 Å². The maximum atomic E-state index is 13.5. The number of nitrogens with zero attached hydrogens (tertiary/aromatic N) is 2. The molecule has 31 heavy (non-hydrogen) atoms. The molecule has 3 aliphatic rings. The lowest BCUT2D eigenvalue weighted by Gasteiger charge is -2.36. The van der Waals surface area contributed by atoms with E-state index in [2.05, 4.69) is 0 Å². The van der Waals surface area contributed by atoms with Crippen molar-refractivity contribution in [2.45, 2.75) is 16.7 Å². The van der Waals surface area contributed by atoms with Gasteiger partial charge < -0.3 is 0 Å². The van der Waals surface area contributed by atoms with Gasteiger partial charge in [-0.15, -0.1) is 0 Å². The predicted octanol–water partition coefficient (Wildman–Crippen LogP) is 1.18. The Morgan fingerprint density at radius 3 is 1.55 bits per heavy atom. The van der Waals surface area contributed by atoms with E-state index in [1.54, 1.807) is 0 Å². The summed E-state index contributed by atoms with van der Waals surface area (Å²) < 4.78 is 92.5. The first-order valence-electron chi connectivity index (χ1n) is 13.1. The predicted molar refractivity (Wildman–Crippen MR) is 107 cm³/mol. The van der Waals surface area contributed by atoms with E-state index in [-0.39, 0.29) is 5.56 Å². The highest BCUT2D eigenvalue weighted by Gasteiger charge is 2.73. The van der Waals surface area contributed by atoms with Crippen LogP contribution in [-0.4, -0.2) is 44.0 Å². The van der Waals surface area contributed by atoms with E-state index in [0.29, 0.717) is 4.90 Å². The fourth-order valence-electron chi connectivity index (χ4n) is 4.30. The molecule has 4 unspecified atom stereocenters. The SMILES string of the molecule is [2H]c1c([2H])c(S(=O)(=O)c2c([2H])c([2H])c(N3C(=O)C4C5C(=O)N(C)C(=O)C5C4C3=O)c([2H])c2[2H])c([2H])c([2H])c1C. The number of hydrogen-bond donors (Lipinski definition) is 0. The second kappa shape index (κ2) is 6.34. The van der Waals surface area contributed by atoms with Crippen molar-refractivity contribution < 1.29 is 38.6 Å². The van der Waals surface area contributed by atoms with Crippen LogP contribution in [0.2, 0.25) is 0 Å². The summed E-state index contributed by atoms with van der Waals surface area (Å²) in [6.45, 7) is 1.24. The Kier molecular flexibility index (Phi) is 2.56. The molecule has 0 aromatic heterocycles. The largest absolute Gasteiger partial charge is 0.285 e. The van der Waals surface area contributed by atoms with E-state index in [1.807, 2.05) is 0 Å². The first-order chi connectivity index (χ1) is 18.0. The number of fused-ring (bicyclic) bond motifs is 4. The monoisotopic (exact) mass is 446 g/mol. The van der Waals surface area contributed by atoms with Crippen molar-refractivity contribution in [1.82, 2.24) is 4.90 Å². The van der Waals surface area contributed by atoms with E-state index < -0.39 is 121 Å². The fourth-order valence-corrected chi connectivity index (χ4v) is 5.25. The molecule has 2 heterocycles. The van der Waals surface area contributed by atoms with Crippen LogP contribution in [0.4, 0.5) is 5.69 Å². The Hall–Kier alpha value is -3.33. The van der Waals surface area contributed by atoms with E-state index in [0.717, 1.165) is 4.90 Å². The lowest BCUT2D eigenvalue weighted by Crippen LogP contribution is -2.50. The molecular weight excluding hydrogens is 420 g/mol. The highest BCUT2D eigenvalue weighted by Crippen LogP contribution is 2.56. The molecule has 1 aliphatic carbocycles. The second-order valence-electron chi connectivity index (χ2n) is 7.49. The van der Waals surface area contributed by atoms with Gasteiger partial charge in [0.25, 0.3) is 0 Å². The molecule has 3 fully saturated rings. The van der Waals surface area contributed by atoms with Gasteiger partial charge in [0.2, 0.25) is 33.5 Å². The van der Waals surface area contributed by atoms with Crippen molar-refractivity contribution in [3.63, 3.8) is 0 Å². The molecule has 4 atom stereocenters. The zero-order valence-corrected chi connectivity index (χ0v) is 16.9. The summed E-state index contributed by atoms with van der Waals surface area (Å²) in [6.07, 6.45) is 0. The number of anilines is 1. The van der Waals surface area contributed by atoms with Crippen molar-refractivity contribution in [3.05, 3.63) is 53.9 Å². The normalized spacial score (nSPS) is 31.0. The Morgan fingerprint density at radius 1 is 0.710 bits per heavy atom. The van der Waals surface area contributed by atoms with Crippen LogP contribution in [0.3, 0.4) is 0 Å². The summed E-state index contributed by atoms with van der Waals surface area (Å²) in [5, 5.41) is 0. The molecule has 0 radical (unpaired) electrons. The quantitative estimate of drug-likeness (QED) is 0.655. The molecule has 4 amide bonds. The third-order valence-electron chi connectivity index (χ3n) is 5.87. The van der Waals surface area contributed by atoms with Crippen LogP contribution in [0, 0.1) is 30.6 Å². The standard InChI is InChI=1S/C22H18N2O6S/c1-11-3-7-13(8-4-11)31(29,30)14-9-5-12(6-10-14)24-21(27)17-15-16(18(17)22(24)28)20(26)23(2)19(15)25/h3-10,15-18H,1-2H3/i3D,4D,5D,6D,7D,8D,9D,10D. The van der Waals surface area contributed by atoms with Crippen LogP contribution in [-0.2, 0) is 29.0 Å². The molecule has 9 heteroatoms. The molecule has 2 aromatic carbocycles. The highest BCUT2D eigenvalue weighted by atomic mass is 32.2. The topological polar surface area (TPSA) is 109 Å². The number of likely N-dealkylation sites (tertiary alicyclic amines) is 1. The number of carbonyl (C=O) groups is 4. The number of rotatable bonds is 3. The number of hydrogen-bond acceptors (Lipinski definition) is 6. The minimum Gasteiger partial charge on any atom is -0.285 e. The van der Waals surface area contributed by atoms with Gasteiger partial charge in [0.15, 0.2) is 0 Å². The Morgan fingerprint density at radius 2 is 1.10 bits per heavy atom. The minimum absolute atomic E-state index is 0.146. The Bertz CT molecular complexity index is 1610. The molecule has 8 nitrogen and oxygen atoms in total. The molecule has 2 saturated heterocycles. The molecule has 2 aliphatic heterocycles. The third kappa shape index (κ3) is 2.49. The summed E-state index contributed by atoms with van der Waals surface area (Å²) in [6, 6.07) is -7.91. The van der Waals surface area contributed by atoms with Gasteiger partial charge in [-0.25, -0.2) is 8.42 Å². The van der Waals surface area contributed by atoms with Crippen molar-refractivity contribution in [2.75, 3.05) is 11.9 Å². The van der Waals surface area contributed by atoms with E-state index >= 15 is 0 Å². The Balaban J connectivity index is 1.68. The van der Waals surface area contributed by atoms with Crippen LogP contribution in [0.1, 0.15) is 16.5 Å². The summed E-state index contributed by atoms with van der Waals surface area (Å²) >= 11 is 0. The summed E-state index contributed by atoms with van der Waals surface area (Å²) in [5.41, 5.74) is -1.00. The van der Waals surface area contributed by atoms with Crippen LogP contribution in [0.25, 0.3) is 0 Å². The number of carbonyl (C=O) groups excluding carboxylic acids is 4. The van der Waals surface area contributed by atoms with E-state index in [4.69, 9.17) is 11.0 Å². The van der Waals surface area contributed by atoms with Gasteiger partial charge in [-0.3, -0.25) is 29.0 Å². The highest BCUT2D eigenvalue weighted by molar-refractivity contribution is 7.91. The smallest absolute Gasteiger partial charge is 0.238 e. The lowest BCUT2D eigenvalue weighted by atomic mass is 9.59. The zero-order chi connectivity index (χ0) is 29.2. The lowest BCUT2D eigenvalue weighted by molar-refractivity contribution is -0.146. The number of amides is 4. The third-order valence-corrected chi connectivity index (χ3v) is 7.35. The molecule has 2 aromatic rings. The number of benzene rings is 2. The maximum Gasteiger partial charge on any atom is 0.238 e. The van der Waals surface area contributed by atoms with Gasteiger partial charge >= 0.3 is 0 Å². The van der Waals surface area contributed by atoms with Gasteiger partial charge in [-0.05, 0) is 43.2 Å². The molecule has 0 N–H and O–H groups in total. The van der Waals surface area contributed by atoms with Gasteiger partial charge in [-0.2, -0.15) is 0 Å². The van der Waals surface area contributed by atoms with Crippen LogP contribution >= 0.6 is 0 Å². The average molecular weight is 447 g/mol. The molecule has 1 saturated carbocycles. The second-order valence-corrected chi connectivity index (χ2v) is 9.31. The van der Waals surface area contributed by atoms with Crippen molar-refractivity contribution >= 4 is 39.2 Å². The number of sulfone groups is 1. The zero-order valence-electron chi connectivity index (χ0n) is 24.1. The summed E-state index contributed by atoms with van der Waals surface area (Å²) in [7, 11) is -3.97. The first-order valence-corrected chi connectivity index (χ1v) is 10.6. The van der Waals surface area contributed by atoms with Crippen molar-refractivity contribution in [1.29, 1.82) is 0 Å². The van der Waals surface area contributed by atoms with Gasteiger partial charge in [0.05, 0.1) is 50.1 Å². The van der Waals surface area contributed by atoms with Gasteiger partial charge in [0.1, 0.15) is 0 Å². The Labute approximate surface area is 189 Å². The molecule has 0 spiro atoms. The van der Waals surface area contributed by atoms with Gasteiger partial charge in [-0.1, -0.05) is 17.6 Å². The molecule has 158 valence electrons. The average Bonchev–Trinajstić information content (AvgIpc) is 3.15. The molecular formula is C22H18N2O6S. The fraction of sp³-hybridized carbons (Fsp3) is 0.273. The van der Waals surface area contributed by atoms with Crippen molar-refractivity contribution in [3.8, 4) is 0 Å².